The number of carbonyl (C=O) groups excluding carboxylic acids is 1. The van der Waals surface area contributed by atoms with Crippen molar-refractivity contribution < 1.29 is 14.7 Å². The molecule has 0 spiro atoms. The van der Waals surface area contributed by atoms with Crippen molar-refractivity contribution in [2.24, 2.45) is 5.92 Å². The minimum absolute atomic E-state index is 0.0548. The molecule has 1 saturated carbocycles. The Morgan fingerprint density at radius 3 is 2.85 bits per heavy atom. The van der Waals surface area contributed by atoms with Gasteiger partial charge in [0.15, 0.2) is 5.13 Å². The molecule has 6 nitrogen and oxygen atoms in total. The van der Waals surface area contributed by atoms with Crippen LogP contribution in [0, 0.1) is 5.92 Å². The SMILES string of the molecule is Nc1nc2ccc(C(=O)NC(C(=O)O)C3CC3)cc2s1. The second kappa shape index (κ2) is 4.75. The second-order valence-electron chi connectivity index (χ2n) is 4.86. The molecule has 1 aliphatic carbocycles. The average Bonchev–Trinajstić information content (AvgIpc) is 3.15. The van der Waals surface area contributed by atoms with Crippen molar-refractivity contribution in [2.45, 2.75) is 18.9 Å². The van der Waals surface area contributed by atoms with Crippen LogP contribution >= 0.6 is 11.3 Å². The van der Waals surface area contributed by atoms with Crippen molar-refractivity contribution in [1.82, 2.24) is 10.3 Å². The molecule has 1 aromatic heterocycles. The van der Waals surface area contributed by atoms with Crippen molar-refractivity contribution in [2.75, 3.05) is 5.73 Å². The lowest BCUT2D eigenvalue weighted by atomic mass is 10.1. The molecule has 0 aliphatic heterocycles. The zero-order valence-corrected chi connectivity index (χ0v) is 11.3. The number of carboxylic acids is 1. The molecule has 0 saturated heterocycles. The molecule has 7 heteroatoms. The lowest BCUT2D eigenvalue weighted by Gasteiger charge is -2.13. The van der Waals surface area contributed by atoms with E-state index in [1.54, 1.807) is 18.2 Å². The van der Waals surface area contributed by atoms with E-state index in [2.05, 4.69) is 10.3 Å². The third-order valence-electron chi connectivity index (χ3n) is 3.31. The molecule has 1 aliphatic rings. The summed E-state index contributed by atoms with van der Waals surface area (Å²) < 4.78 is 0.813. The highest BCUT2D eigenvalue weighted by molar-refractivity contribution is 7.22. The van der Waals surface area contributed by atoms with E-state index in [4.69, 9.17) is 10.8 Å². The van der Waals surface area contributed by atoms with Gasteiger partial charge >= 0.3 is 5.97 Å². The molecule has 0 radical (unpaired) electrons. The average molecular weight is 291 g/mol. The number of nitrogens with two attached hydrogens (primary N) is 1. The number of aliphatic carboxylic acids is 1. The van der Waals surface area contributed by atoms with Gasteiger partial charge in [-0.05, 0) is 37.0 Å². The van der Waals surface area contributed by atoms with Crippen LogP contribution in [0.1, 0.15) is 23.2 Å². The first-order valence-electron chi connectivity index (χ1n) is 6.24. The third kappa shape index (κ3) is 2.44. The Kier molecular flexibility index (Phi) is 3.06. The number of hydrogen-bond acceptors (Lipinski definition) is 5. The van der Waals surface area contributed by atoms with Crippen LogP contribution in [0.2, 0.25) is 0 Å². The fourth-order valence-corrected chi connectivity index (χ4v) is 2.89. The summed E-state index contributed by atoms with van der Waals surface area (Å²) in [7, 11) is 0. The molecular weight excluding hydrogens is 278 g/mol. The van der Waals surface area contributed by atoms with Crippen LogP contribution in [-0.4, -0.2) is 28.0 Å². The molecule has 1 atom stereocenters. The summed E-state index contributed by atoms with van der Waals surface area (Å²) in [6.07, 6.45) is 1.70. The van der Waals surface area contributed by atoms with Crippen molar-refractivity contribution in [3.05, 3.63) is 23.8 Å². The van der Waals surface area contributed by atoms with Gasteiger partial charge in [-0.3, -0.25) is 4.79 Å². The molecule has 1 heterocycles. The molecular formula is C13H13N3O3S. The number of carbonyl (C=O) groups is 2. The van der Waals surface area contributed by atoms with Gasteiger partial charge in [0.05, 0.1) is 10.2 Å². The number of amides is 1. The number of nitrogens with one attached hydrogen (secondary N) is 1. The van der Waals surface area contributed by atoms with E-state index in [1.807, 2.05) is 0 Å². The number of rotatable bonds is 4. The Morgan fingerprint density at radius 1 is 1.45 bits per heavy atom. The monoisotopic (exact) mass is 291 g/mol. The molecule has 1 amide bonds. The summed E-state index contributed by atoms with van der Waals surface area (Å²) >= 11 is 1.30. The van der Waals surface area contributed by atoms with Gasteiger partial charge in [0.2, 0.25) is 0 Å². The number of carboxylic acid groups (broad SMARTS) is 1. The molecule has 3 rings (SSSR count). The van der Waals surface area contributed by atoms with Gasteiger partial charge in [0.25, 0.3) is 5.91 Å². The Morgan fingerprint density at radius 2 is 2.20 bits per heavy atom. The quantitative estimate of drug-likeness (QED) is 0.791. The van der Waals surface area contributed by atoms with Crippen molar-refractivity contribution in [3.63, 3.8) is 0 Å². The molecule has 1 fully saturated rings. The van der Waals surface area contributed by atoms with Gasteiger partial charge in [-0.25, -0.2) is 9.78 Å². The van der Waals surface area contributed by atoms with Crippen LogP contribution < -0.4 is 11.1 Å². The number of aromatic nitrogens is 1. The number of nitrogens with zero attached hydrogens (tertiary/aromatic N) is 1. The minimum Gasteiger partial charge on any atom is -0.480 e. The van der Waals surface area contributed by atoms with E-state index in [0.717, 1.165) is 23.1 Å². The Labute approximate surface area is 118 Å². The maximum atomic E-state index is 12.1. The second-order valence-corrected chi connectivity index (χ2v) is 5.92. The van der Waals surface area contributed by atoms with Gasteiger partial charge < -0.3 is 16.2 Å². The predicted molar refractivity (Wildman–Crippen MR) is 75.6 cm³/mol. The number of benzene rings is 1. The predicted octanol–water partition coefficient (Wildman–Crippen LogP) is 1.47. The number of hydrogen-bond donors (Lipinski definition) is 3. The Hall–Kier alpha value is -2.15. The van der Waals surface area contributed by atoms with Gasteiger partial charge in [0, 0.05) is 5.56 Å². The highest BCUT2D eigenvalue weighted by Crippen LogP contribution is 2.33. The number of fused-ring (bicyclic) bond motifs is 1. The van der Waals surface area contributed by atoms with E-state index >= 15 is 0 Å². The number of anilines is 1. The summed E-state index contributed by atoms with van der Waals surface area (Å²) in [5, 5.41) is 12.1. The van der Waals surface area contributed by atoms with Crippen molar-refractivity contribution >= 4 is 38.6 Å². The van der Waals surface area contributed by atoms with E-state index in [0.29, 0.717) is 10.7 Å². The maximum Gasteiger partial charge on any atom is 0.326 e. The third-order valence-corrected chi connectivity index (χ3v) is 4.16. The molecule has 2 aromatic rings. The van der Waals surface area contributed by atoms with Crippen LogP contribution in [0.3, 0.4) is 0 Å². The summed E-state index contributed by atoms with van der Waals surface area (Å²) in [5.41, 5.74) is 6.78. The van der Waals surface area contributed by atoms with E-state index in [9.17, 15) is 9.59 Å². The summed E-state index contributed by atoms with van der Waals surface area (Å²) in [4.78, 5) is 27.4. The van der Waals surface area contributed by atoms with Crippen molar-refractivity contribution in [3.8, 4) is 0 Å². The van der Waals surface area contributed by atoms with Crippen molar-refractivity contribution in [1.29, 1.82) is 0 Å². The van der Waals surface area contributed by atoms with E-state index in [1.165, 1.54) is 11.3 Å². The first kappa shape index (κ1) is 12.9. The van der Waals surface area contributed by atoms with E-state index in [-0.39, 0.29) is 11.8 Å². The number of thiazole rings is 1. The molecule has 1 unspecified atom stereocenters. The normalized spacial score (nSPS) is 16.0. The summed E-state index contributed by atoms with van der Waals surface area (Å²) in [6, 6.07) is 4.22. The Bertz CT molecular complexity index is 693. The molecule has 1 aromatic carbocycles. The van der Waals surface area contributed by atoms with Gasteiger partial charge in [-0.1, -0.05) is 11.3 Å². The largest absolute Gasteiger partial charge is 0.480 e. The first-order valence-corrected chi connectivity index (χ1v) is 7.06. The fraction of sp³-hybridized carbons (Fsp3) is 0.308. The lowest BCUT2D eigenvalue weighted by Crippen LogP contribution is -2.42. The van der Waals surface area contributed by atoms with Crippen LogP contribution in [0.15, 0.2) is 18.2 Å². The first-order chi connectivity index (χ1) is 9.54. The fourth-order valence-electron chi connectivity index (χ4n) is 2.12. The summed E-state index contributed by atoms with van der Waals surface area (Å²) in [6.45, 7) is 0. The zero-order valence-electron chi connectivity index (χ0n) is 10.5. The van der Waals surface area contributed by atoms with Gasteiger partial charge in [-0.2, -0.15) is 0 Å². The molecule has 104 valence electrons. The summed E-state index contributed by atoms with van der Waals surface area (Å²) in [5.74, 6) is -1.30. The standard InChI is InChI=1S/C13H13N3O3S/c14-13-15-8-4-3-7(5-9(8)20-13)11(17)16-10(12(18)19)6-1-2-6/h3-6,10H,1-2H2,(H2,14,15)(H,16,17)(H,18,19). The molecule has 20 heavy (non-hydrogen) atoms. The van der Waals surface area contributed by atoms with Crippen LogP contribution in [0.4, 0.5) is 5.13 Å². The highest BCUT2D eigenvalue weighted by atomic mass is 32.1. The van der Waals surface area contributed by atoms with Gasteiger partial charge in [0.1, 0.15) is 6.04 Å². The molecule has 4 N–H and O–H groups in total. The smallest absolute Gasteiger partial charge is 0.326 e. The van der Waals surface area contributed by atoms with Crippen LogP contribution in [-0.2, 0) is 4.79 Å². The van der Waals surface area contributed by atoms with E-state index < -0.39 is 12.0 Å². The minimum atomic E-state index is -0.982. The number of nitrogen functional groups attached to an aromatic ring is 1. The Balaban J connectivity index is 1.82. The highest BCUT2D eigenvalue weighted by Gasteiger charge is 2.37. The van der Waals surface area contributed by atoms with Crippen LogP contribution in [0.25, 0.3) is 10.2 Å². The topological polar surface area (TPSA) is 105 Å². The maximum absolute atomic E-state index is 12.1. The lowest BCUT2D eigenvalue weighted by molar-refractivity contribution is -0.139. The van der Waals surface area contributed by atoms with Crippen LogP contribution in [0.5, 0.6) is 0 Å². The van der Waals surface area contributed by atoms with Gasteiger partial charge in [-0.15, -0.1) is 0 Å². The zero-order chi connectivity index (χ0) is 14.3. The molecule has 0 bridgehead atoms.